The van der Waals surface area contributed by atoms with Crippen LogP contribution in [-0.4, -0.2) is 25.1 Å². The topological polar surface area (TPSA) is 64.3 Å². The van der Waals surface area contributed by atoms with E-state index in [1.54, 1.807) is 0 Å². The summed E-state index contributed by atoms with van der Waals surface area (Å²) in [5.74, 6) is 1.11. The van der Waals surface area contributed by atoms with E-state index in [2.05, 4.69) is 25.2 Å². The van der Waals surface area contributed by atoms with Gasteiger partial charge in [-0.3, -0.25) is 4.79 Å². The lowest BCUT2D eigenvalue weighted by molar-refractivity contribution is -0.123. The predicted molar refractivity (Wildman–Crippen MR) is 89.2 cm³/mol. The minimum absolute atomic E-state index is 0. The molecule has 0 saturated heterocycles. The molecule has 0 bridgehead atoms. The smallest absolute Gasteiger partial charge is 0.257 e. The van der Waals surface area contributed by atoms with Gasteiger partial charge in [-0.1, -0.05) is 32.0 Å². The molecule has 0 heterocycles. The van der Waals surface area contributed by atoms with Crippen molar-refractivity contribution in [2.75, 3.05) is 13.2 Å². The Labute approximate surface area is 133 Å². The van der Waals surface area contributed by atoms with Crippen LogP contribution in [0.2, 0.25) is 0 Å². The molecule has 0 aliphatic rings. The van der Waals surface area contributed by atoms with Crippen LogP contribution in [0.1, 0.15) is 45.1 Å². The number of halogens is 1. The molecule has 0 saturated carbocycles. The first-order valence-electron chi connectivity index (χ1n) is 7.28. The minimum atomic E-state index is -0.107. The number of hydrogen-bond acceptors (Lipinski definition) is 3. The first kappa shape index (κ1) is 19.7. The van der Waals surface area contributed by atoms with Gasteiger partial charge < -0.3 is 15.8 Å². The maximum Gasteiger partial charge on any atom is 0.257 e. The molecule has 2 unspecified atom stereocenters. The summed E-state index contributed by atoms with van der Waals surface area (Å²) in [4.78, 5) is 11.7. The van der Waals surface area contributed by atoms with Crippen LogP contribution < -0.4 is 15.8 Å². The van der Waals surface area contributed by atoms with Gasteiger partial charge in [0.1, 0.15) is 5.75 Å². The van der Waals surface area contributed by atoms with Gasteiger partial charge in [-0.25, -0.2) is 0 Å². The molecule has 3 N–H and O–H groups in total. The fourth-order valence-corrected chi connectivity index (χ4v) is 1.87. The van der Waals surface area contributed by atoms with E-state index >= 15 is 0 Å². The quantitative estimate of drug-likeness (QED) is 0.775. The fraction of sp³-hybridized carbons (Fsp3) is 0.562. The zero-order chi connectivity index (χ0) is 15.0. The number of rotatable bonds is 8. The molecular formula is C16H27ClN2O2. The molecular weight excluding hydrogens is 288 g/mol. The molecule has 1 aromatic rings. The van der Waals surface area contributed by atoms with E-state index in [1.165, 1.54) is 0 Å². The summed E-state index contributed by atoms with van der Waals surface area (Å²) in [6.45, 7) is 6.86. The molecule has 4 nitrogen and oxygen atoms in total. The molecule has 120 valence electrons. The van der Waals surface area contributed by atoms with E-state index in [0.717, 1.165) is 24.2 Å². The van der Waals surface area contributed by atoms with E-state index in [-0.39, 0.29) is 31.0 Å². The normalized spacial score (nSPS) is 13.0. The number of hydrogen-bond donors (Lipinski definition) is 2. The zero-order valence-electron chi connectivity index (χ0n) is 13.1. The van der Waals surface area contributed by atoms with E-state index in [1.807, 2.05) is 25.1 Å². The summed E-state index contributed by atoms with van der Waals surface area (Å²) >= 11 is 0. The van der Waals surface area contributed by atoms with Crippen molar-refractivity contribution in [2.45, 2.75) is 45.6 Å². The Bertz CT molecular complexity index is 424. The second-order valence-electron chi connectivity index (χ2n) is 5.25. The molecule has 1 aromatic carbocycles. The largest absolute Gasteiger partial charge is 0.483 e. The summed E-state index contributed by atoms with van der Waals surface area (Å²) in [5.41, 5.74) is 6.78. The van der Waals surface area contributed by atoms with Crippen LogP contribution in [0.15, 0.2) is 24.3 Å². The van der Waals surface area contributed by atoms with Crippen molar-refractivity contribution in [1.82, 2.24) is 5.32 Å². The number of para-hydroxylation sites is 1. The lowest BCUT2D eigenvalue weighted by atomic mass is 9.98. The maximum atomic E-state index is 11.7. The highest BCUT2D eigenvalue weighted by Crippen LogP contribution is 2.28. The van der Waals surface area contributed by atoms with Crippen LogP contribution in [0.4, 0.5) is 0 Å². The third kappa shape index (κ3) is 7.34. The first-order valence-corrected chi connectivity index (χ1v) is 7.28. The van der Waals surface area contributed by atoms with Crippen LogP contribution in [0.5, 0.6) is 5.75 Å². The Kier molecular flexibility index (Phi) is 9.84. The van der Waals surface area contributed by atoms with Gasteiger partial charge in [-0.05, 0) is 37.3 Å². The molecule has 0 aromatic heterocycles. The average molecular weight is 315 g/mol. The Morgan fingerprint density at radius 1 is 1.33 bits per heavy atom. The SMILES string of the molecule is CCC(C)c1ccccc1OCC(=O)NCCC(C)N.Cl. The Morgan fingerprint density at radius 3 is 2.62 bits per heavy atom. The van der Waals surface area contributed by atoms with Crippen LogP contribution in [-0.2, 0) is 4.79 Å². The van der Waals surface area contributed by atoms with Crippen LogP contribution in [0.3, 0.4) is 0 Å². The monoisotopic (exact) mass is 314 g/mol. The molecule has 1 rings (SSSR count). The van der Waals surface area contributed by atoms with Gasteiger partial charge in [0.2, 0.25) is 0 Å². The van der Waals surface area contributed by atoms with Gasteiger partial charge in [0.15, 0.2) is 6.61 Å². The van der Waals surface area contributed by atoms with Crippen molar-refractivity contribution < 1.29 is 9.53 Å². The number of nitrogens with two attached hydrogens (primary N) is 1. The number of nitrogens with one attached hydrogen (secondary N) is 1. The lowest BCUT2D eigenvalue weighted by Crippen LogP contribution is -2.32. The summed E-state index contributed by atoms with van der Waals surface area (Å²) in [6.07, 6.45) is 1.82. The number of amides is 1. The van der Waals surface area contributed by atoms with Crippen molar-refractivity contribution in [2.24, 2.45) is 5.73 Å². The standard InChI is InChI=1S/C16H26N2O2.ClH/c1-4-12(2)14-7-5-6-8-15(14)20-11-16(19)18-10-9-13(3)17;/h5-8,12-13H,4,9-11,17H2,1-3H3,(H,18,19);1H. The van der Waals surface area contributed by atoms with Crippen molar-refractivity contribution >= 4 is 18.3 Å². The van der Waals surface area contributed by atoms with Gasteiger partial charge in [-0.2, -0.15) is 0 Å². The molecule has 0 spiro atoms. The second kappa shape index (κ2) is 10.5. The number of carbonyl (C=O) groups excluding carboxylic acids is 1. The van der Waals surface area contributed by atoms with Gasteiger partial charge >= 0.3 is 0 Å². The molecule has 0 radical (unpaired) electrons. The van der Waals surface area contributed by atoms with Gasteiger partial charge in [-0.15, -0.1) is 12.4 Å². The Hall–Kier alpha value is -1.26. The van der Waals surface area contributed by atoms with Crippen LogP contribution >= 0.6 is 12.4 Å². The molecule has 1 amide bonds. The number of carbonyl (C=O) groups is 1. The molecule has 2 atom stereocenters. The predicted octanol–water partition coefficient (Wildman–Crippen LogP) is 2.85. The lowest BCUT2D eigenvalue weighted by Gasteiger charge is -2.15. The van der Waals surface area contributed by atoms with Crippen molar-refractivity contribution in [3.8, 4) is 5.75 Å². The van der Waals surface area contributed by atoms with Crippen molar-refractivity contribution in [1.29, 1.82) is 0 Å². The summed E-state index contributed by atoms with van der Waals surface area (Å²) < 4.78 is 5.64. The molecule has 0 aliphatic heterocycles. The highest BCUT2D eigenvalue weighted by Gasteiger charge is 2.10. The minimum Gasteiger partial charge on any atom is -0.483 e. The summed E-state index contributed by atoms with van der Waals surface area (Å²) in [7, 11) is 0. The first-order chi connectivity index (χ1) is 9.54. The van der Waals surface area contributed by atoms with Gasteiger partial charge in [0.25, 0.3) is 5.91 Å². The summed E-state index contributed by atoms with van der Waals surface area (Å²) in [5, 5.41) is 2.80. The zero-order valence-corrected chi connectivity index (χ0v) is 13.9. The average Bonchev–Trinajstić information content (AvgIpc) is 2.44. The highest BCUT2D eigenvalue weighted by atomic mass is 35.5. The fourth-order valence-electron chi connectivity index (χ4n) is 1.87. The van der Waals surface area contributed by atoms with Crippen molar-refractivity contribution in [3.63, 3.8) is 0 Å². The Balaban J connectivity index is 0.00000400. The van der Waals surface area contributed by atoms with E-state index in [4.69, 9.17) is 10.5 Å². The van der Waals surface area contributed by atoms with Crippen molar-refractivity contribution in [3.05, 3.63) is 29.8 Å². The van der Waals surface area contributed by atoms with Gasteiger partial charge in [0, 0.05) is 12.6 Å². The summed E-state index contributed by atoms with van der Waals surface area (Å²) in [6, 6.07) is 7.99. The third-order valence-electron chi connectivity index (χ3n) is 3.34. The Morgan fingerprint density at radius 2 is 2.00 bits per heavy atom. The second-order valence-corrected chi connectivity index (χ2v) is 5.25. The molecule has 21 heavy (non-hydrogen) atoms. The molecule has 0 aliphatic carbocycles. The van der Waals surface area contributed by atoms with Crippen LogP contribution in [0.25, 0.3) is 0 Å². The van der Waals surface area contributed by atoms with Crippen LogP contribution in [0, 0.1) is 0 Å². The third-order valence-corrected chi connectivity index (χ3v) is 3.34. The van der Waals surface area contributed by atoms with E-state index < -0.39 is 0 Å². The maximum absolute atomic E-state index is 11.7. The molecule has 5 heteroatoms. The molecule has 0 fully saturated rings. The number of benzene rings is 1. The van der Waals surface area contributed by atoms with Gasteiger partial charge in [0.05, 0.1) is 0 Å². The highest BCUT2D eigenvalue weighted by molar-refractivity contribution is 5.85. The number of ether oxygens (including phenoxy) is 1. The van der Waals surface area contributed by atoms with E-state index in [9.17, 15) is 4.79 Å². The van der Waals surface area contributed by atoms with E-state index in [0.29, 0.717) is 12.5 Å².